The van der Waals surface area contributed by atoms with Crippen LogP contribution in [0.15, 0.2) is 24.4 Å². The van der Waals surface area contributed by atoms with Gasteiger partial charge in [-0.1, -0.05) is 12.1 Å². The van der Waals surface area contributed by atoms with Gasteiger partial charge in [-0.3, -0.25) is 4.79 Å². The molecule has 0 saturated carbocycles. The zero-order valence-electron chi connectivity index (χ0n) is 21.6. The summed E-state index contributed by atoms with van der Waals surface area (Å²) in [5.74, 6) is 1.10. The second kappa shape index (κ2) is 12.2. The van der Waals surface area contributed by atoms with Crippen LogP contribution in [0.5, 0.6) is 11.5 Å². The molecule has 0 spiro atoms. The zero-order valence-corrected chi connectivity index (χ0v) is 21.6. The minimum absolute atomic E-state index is 0.0286. The highest BCUT2D eigenvalue weighted by atomic mass is 16.6. The standard InChI is InChI=1S/C25H36N6O6/c1-17-13-30(18(2)15-32)24(33)5-4-8-31-20(12-26-28-31)16-37-23(17)14-29(3)25(34)27-19-6-7-21-22(11-19)36-10-9-35-21/h6-7,11-12,17-18,23,32H,4-5,8-10,13-16H2,1-3H3,(H,27,34)/t17-,18-,23-/m0/s1. The Morgan fingerprint density at radius 3 is 2.86 bits per heavy atom. The van der Waals surface area contributed by atoms with E-state index in [2.05, 4.69) is 15.6 Å². The van der Waals surface area contributed by atoms with Gasteiger partial charge in [-0.25, -0.2) is 9.48 Å². The molecular weight excluding hydrogens is 480 g/mol. The molecule has 4 rings (SSSR count). The Labute approximate surface area is 216 Å². The van der Waals surface area contributed by atoms with Gasteiger partial charge in [0, 0.05) is 50.8 Å². The summed E-state index contributed by atoms with van der Waals surface area (Å²) in [7, 11) is 1.70. The van der Waals surface area contributed by atoms with Crippen molar-refractivity contribution in [1.29, 1.82) is 0 Å². The van der Waals surface area contributed by atoms with E-state index in [1.807, 2.05) is 13.8 Å². The van der Waals surface area contributed by atoms with Crippen molar-refractivity contribution in [2.45, 2.75) is 52.0 Å². The third-order valence-electron chi connectivity index (χ3n) is 6.73. The molecule has 37 heavy (non-hydrogen) atoms. The lowest BCUT2D eigenvalue weighted by Crippen LogP contribution is -2.48. The molecule has 1 aromatic heterocycles. The first kappa shape index (κ1) is 26.7. The van der Waals surface area contributed by atoms with Crippen LogP contribution in [-0.4, -0.2) is 93.9 Å². The number of aliphatic hydroxyl groups is 1. The van der Waals surface area contributed by atoms with Crippen LogP contribution in [0.4, 0.5) is 10.5 Å². The van der Waals surface area contributed by atoms with Crippen LogP contribution in [0.1, 0.15) is 32.4 Å². The minimum Gasteiger partial charge on any atom is -0.486 e. The molecule has 0 bridgehead atoms. The Balaban J connectivity index is 1.47. The molecule has 2 aliphatic heterocycles. The van der Waals surface area contributed by atoms with Crippen molar-refractivity contribution < 1.29 is 28.9 Å². The van der Waals surface area contributed by atoms with Crippen molar-refractivity contribution in [3.63, 3.8) is 0 Å². The van der Waals surface area contributed by atoms with E-state index in [1.165, 1.54) is 0 Å². The number of aryl methyl sites for hydroxylation is 1. The monoisotopic (exact) mass is 516 g/mol. The van der Waals surface area contributed by atoms with Crippen LogP contribution in [0.3, 0.4) is 0 Å². The van der Waals surface area contributed by atoms with Crippen LogP contribution in [0.2, 0.25) is 0 Å². The topological polar surface area (TPSA) is 131 Å². The van der Waals surface area contributed by atoms with Gasteiger partial charge in [0.25, 0.3) is 0 Å². The smallest absolute Gasteiger partial charge is 0.321 e. The molecule has 0 aliphatic carbocycles. The predicted molar refractivity (Wildman–Crippen MR) is 134 cm³/mol. The maximum atomic E-state index is 13.0. The van der Waals surface area contributed by atoms with Crippen LogP contribution in [0, 0.1) is 5.92 Å². The van der Waals surface area contributed by atoms with Gasteiger partial charge in [0.2, 0.25) is 5.91 Å². The summed E-state index contributed by atoms with van der Waals surface area (Å²) < 4.78 is 19.2. The SMILES string of the molecule is C[C@H]1CN([C@@H](C)CO)C(=O)CCCn2nncc2CO[C@H]1CN(C)C(=O)Nc1ccc2c(c1)OCCO2. The Morgan fingerprint density at radius 2 is 2.08 bits per heavy atom. The molecule has 0 saturated heterocycles. The maximum Gasteiger partial charge on any atom is 0.321 e. The van der Waals surface area contributed by atoms with Gasteiger partial charge < -0.3 is 34.4 Å². The van der Waals surface area contributed by atoms with Crippen molar-refractivity contribution in [2.75, 3.05) is 45.3 Å². The molecule has 1 aromatic carbocycles. The molecule has 202 valence electrons. The van der Waals surface area contributed by atoms with Gasteiger partial charge in [-0.05, 0) is 25.5 Å². The second-order valence-corrected chi connectivity index (χ2v) is 9.63. The number of urea groups is 1. The molecule has 2 aromatic rings. The van der Waals surface area contributed by atoms with Crippen LogP contribution >= 0.6 is 0 Å². The third kappa shape index (κ3) is 6.69. The van der Waals surface area contributed by atoms with E-state index >= 15 is 0 Å². The highest BCUT2D eigenvalue weighted by molar-refractivity contribution is 5.89. The lowest BCUT2D eigenvalue weighted by Gasteiger charge is -2.35. The summed E-state index contributed by atoms with van der Waals surface area (Å²) in [6, 6.07) is 4.65. The number of nitrogens with one attached hydrogen (secondary N) is 1. The first-order valence-corrected chi connectivity index (χ1v) is 12.7. The minimum atomic E-state index is -0.389. The van der Waals surface area contributed by atoms with Gasteiger partial charge in [-0.2, -0.15) is 0 Å². The van der Waals surface area contributed by atoms with Crippen molar-refractivity contribution >= 4 is 17.6 Å². The Bertz CT molecular complexity index is 1080. The highest BCUT2D eigenvalue weighted by Gasteiger charge is 2.29. The molecule has 3 heterocycles. The number of rotatable bonds is 5. The van der Waals surface area contributed by atoms with Crippen molar-refractivity contribution in [3.8, 4) is 11.5 Å². The summed E-state index contributed by atoms with van der Waals surface area (Å²) in [5, 5.41) is 20.8. The molecule has 2 N–H and O–H groups in total. The summed E-state index contributed by atoms with van der Waals surface area (Å²) in [5.41, 5.74) is 1.41. The number of aromatic nitrogens is 3. The number of hydrogen-bond donors (Lipinski definition) is 2. The lowest BCUT2D eigenvalue weighted by atomic mass is 10.0. The fourth-order valence-electron chi connectivity index (χ4n) is 4.44. The summed E-state index contributed by atoms with van der Waals surface area (Å²) in [4.78, 5) is 29.3. The molecule has 12 nitrogen and oxygen atoms in total. The number of aliphatic hydroxyl groups excluding tert-OH is 1. The normalized spacial score (nSPS) is 21.3. The first-order chi connectivity index (χ1) is 17.9. The van der Waals surface area contributed by atoms with Crippen molar-refractivity contribution in [1.82, 2.24) is 24.8 Å². The van der Waals surface area contributed by atoms with E-state index in [0.717, 1.165) is 5.69 Å². The summed E-state index contributed by atoms with van der Waals surface area (Å²) in [6.07, 6.45) is 2.23. The largest absolute Gasteiger partial charge is 0.486 e. The maximum absolute atomic E-state index is 13.0. The van der Waals surface area contributed by atoms with Crippen molar-refractivity contribution in [3.05, 3.63) is 30.1 Å². The molecule has 3 atom stereocenters. The van der Waals surface area contributed by atoms with E-state index in [-0.39, 0.29) is 49.8 Å². The van der Waals surface area contributed by atoms with E-state index in [4.69, 9.17) is 14.2 Å². The summed E-state index contributed by atoms with van der Waals surface area (Å²) >= 11 is 0. The van der Waals surface area contributed by atoms with Crippen LogP contribution in [-0.2, 0) is 22.7 Å². The van der Waals surface area contributed by atoms with E-state index in [1.54, 1.807) is 45.9 Å². The fraction of sp³-hybridized carbons (Fsp3) is 0.600. The summed E-state index contributed by atoms with van der Waals surface area (Å²) in [6.45, 7) is 6.16. The number of carbonyl (C=O) groups excluding carboxylic acids is 2. The Kier molecular flexibility index (Phi) is 8.82. The number of ether oxygens (including phenoxy) is 3. The average molecular weight is 517 g/mol. The lowest BCUT2D eigenvalue weighted by molar-refractivity contribution is -0.136. The number of amides is 3. The molecule has 0 unspecified atom stereocenters. The van der Waals surface area contributed by atoms with Gasteiger partial charge in [0.1, 0.15) is 13.2 Å². The number of nitrogens with zero attached hydrogens (tertiary/aromatic N) is 5. The van der Waals surface area contributed by atoms with Crippen molar-refractivity contribution in [2.24, 2.45) is 5.92 Å². The van der Waals surface area contributed by atoms with Crippen LogP contribution < -0.4 is 14.8 Å². The molecule has 0 radical (unpaired) electrons. The van der Waals surface area contributed by atoms with Gasteiger partial charge in [-0.15, -0.1) is 5.10 Å². The second-order valence-electron chi connectivity index (χ2n) is 9.63. The van der Waals surface area contributed by atoms with E-state index in [9.17, 15) is 14.7 Å². The van der Waals surface area contributed by atoms with Gasteiger partial charge >= 0.3 is 6.03 Å². The molecule has 0 fully saturated rings. The zero-order chi connectivity index (χ0) is 26.4. The Hall–Kier alpha value is -3.38. The Morgan fingerprint density at radius 1 is 1.30 bits per heavy atom. The number of likely N-dealkylation sites (N-methyl/N-ethyl adjacent to an activating group) is 1. The molecule has 12 heteroatoms. The number of carbonyl (C=O) groups is 2. The molecular formula is C25H36N6O6. The molecule has 2 aliphatic rings. The van der Waals surface area contributed by atoms with E-state index in [0.29, 0.717) is 56.3 Å². The number of fused-ring (bicyclic) bond motifs is 2. The van der Waals surface area contributed by atoms with Gasteiger partial charge in [0.15, 0.2) is 11.5 Å². The number of benzene rings is 1. The highest BCUT2D eigenvalue weighted by Crippen LogP contribution is 2.32. The van der Waals surface area contributed by atoms with Crippen LogP contribution in [0.25, 0.3) is 0 Å². The quantitative estimate of drug-likeness (QED) is 0.614. The van der Waals surface area contributed by atoms with E-state index < -0.39 is 0 Å². The number of anilines is 1. The fourth-order valence-corrected chi connectivity index (χ4v) is 4.44. The predicted octanol–water partition coefficient (Wildman–Crippen LogP) is 1.74. The third-order valence-corrected chi connectivity index (χ3v) is 6.73. The number of hydrogen-bond acceptors (Lipinski definition) is 8. The van der Waals surface area contributed by atoms with Gasteiger partial charge in [0.05, 0.1) is 37.3 Å². The molecule has 3 amide bonds. The average Bonchev–Trinajstić information content (AvgIpc) is 3.35. The first-order valence-electron chi connectivity index (χ1n) is 12.7.